The van der Waals surface area contributed by atoms with Crippen molar-refractivity contribution in [3.05, 3.63) is 0 Å². The molecule has 0 radical (unpaired) electrons. The summed E-state index contributed by atoms with van der Waals surface area (Å²) in [7, 11) is -4.36. The Morgan fingerprint density at radius 1 is 1.44 bits per heavy atom. The molecule has 0 fully saturated rings. The summed E-state index contributed by atoms with van der Waals surface area (Å²) in [6.45, 7) is 0.556. The first-order valence-electron chi connectivity index (χ1n) is 2.34. The van der Waals surface area contributed by atoms with Crippen molar-refractivity contribution in [2.75, 3.05) is 13.1 Å². The summed E-state index contributed by atoms with van der Waals surface area (Å²) in [5.74, 6) is 0. The van der Waals surface area contributed by atoms with Gasteiger partial charge in [-0.15, -0.1) is 0 Å². The summed E-state index contributed by atoms with van der Waals surface area (Å²) >= 11 is 0. The number of hydrogen-bond donors (Lipinski definition) is 5. The van der Waals surface area contributed by atoms with Gasteiger partial charge in [-0.2, -0.15) is 0 Å². The van der Waals surface area contributed by atoms with E-state index >= 15 is 0 Å². The summed E-state index contributed by atoms with van der Waals surface area (Å²) in [5, 5.41) is 0. The van der Waals surface area contributed by atoms with Crippen LogP contribution in [-0.4, -0.2) is 36.5 Å². The Bertz CT molecular complexity index is 73.5. The second kappa shape index (κ2) is 3.90. The molecule has 0 unspecified atom stereocenters. The first kappa shape index (κ1) is 8.98. The van der Waals surface area contributed by atoms with Crippen LogP contribution in [0.3, 0.4) is 0 Å². The molecule has 0 aromatic heterocycles. The molecule has 0 saturated heterocycles. The van der Waals surface area contributed by atoms with Gasteiger partial charge in [-0.25, -0.2) is 5.48 Å². The molecule has 0 aliphatic heterocycles. The van der Waals surface area contributed by atoms with E-state index in [0.717, 1.165) is 0 Å². The van der Waals surface area contributed by atoms with Crippen LogP contribution in [0.5, 0.6) is 0 Å². The molecule has 0 aromatic rings. The van der Waals surface area contributed by atoms with Crippen LogP contribution >= 0.6 is 0 Å². The van der Waals surface area contributed by atoms with E-state index in [1.54, 1.807) is 0 Å². The molecule has 0 bridgehead atoms. The quantitative estimate of drug-likeness (QED) is 0.166. The lowest BCUT2D eigenvalue weighted by Gasteiger charge is -2.08. The number of nitrogens with two attached hydrogens (primary N) is 1. The van der Waals surface area contributed by atoms with Crippen molar-refractivity contribution < 1.29 is 18.9 Å². The Hall–Kier alpha value is -0.0231. The van der Waals surface area contributed by atoms with E-state index in [-0.39, 0.29) is 6.54 Å². The van der Waals surface area contributed by atoms with Crippen LogP contribution < -0.4 is 11.2 Å². The summed E-state index contributed by atoms with van der Waals surface area (Å²) in [4.78, 5) is 24.5. The van der Waals surface area contributed by atoms with E-state index in [4.69, 9.17) is 20.1 Å². The van der Waals surface area contributed by atoms with Crippen molar-refractivity contribution in [1.82, 2.24) is 5.48 Å². The van der Waals surface area contributed by atoms with Gasteiger partial charge in [0.15, 0.2) is 0 Å². The van der Waals surface area contributed by atoms with Gasteiger partial charge in [0.2, 0.25) is 0 Å². The second-order valence-corrected chi connectivity index (χ2v) is 2.71. The van der Waals surface area contributed by atoms with Gasteiger partial charge in [-0.05, 0) is 0 Å². The molecule has 0 saturated carbocycles. The van der Waals surface area contributed by atoms with E-state index in [9.17, 15) is 0 Å². The molecule has 0 aromatic carbocycles. The summed E-state index contributed by atoms with van der Waals surface area (Å²) < 4.78 is 3.95. The summed E-state index contributed by atoms with van der Waals surface area (Å²) in [5.41, 5.74) is 7.05. The smallest absolute Gasteiger partial charge is 0.367 e. The molecule has 6 nitrogen and oxygen atoms in total. The van der Waals surface area contributed by atoms with E-state index in [1.165, 1.54) is 0 Å². The average Bonchev–Trinajstić information content (AvgIpc) is 1.63. The average molecular weight is 154 g/mol. The lowest BCUT2D eigenvalue weighted by Crippen LogP contribution is -2.45. The Labute approximate surface area is 53.3 Å². The van der Waals surface area contributed by atoms with E-state index in [2.05, 4.69) is 10.0 Å². The van der Waals surface area contributed by atoms with Gasteiger partial charge in [0.25, 0.3) is 0 Å². The fraction of sp³-hybridized carbons (Fsp3) is 1.00. The van der Waals surface area contributed by atoms with Crippen molar-refractivity contribution in [2.45, 2.75) is 0 Å². The Kier molecular flexibility index (Phi) is 3.89. The van der Waals surface area contributed by atoms with Crippen LogP contribution in [0.4, 0.5) is 0 Å². The fourth-order valence-electron chi connectivity index (χ4n) is 0.207. The predicted octanol–water partition coefficient (Wildman–Crippen LogP) is -3.12. The topological polar surface area (TPSA) is 108 Å². The highest BCUT2D eigenvalue weighted by Crippen LogP contribution is 1.81. The normalized spacial score (nSPS) is 12.0. The van der Waals surface area contributed by atoms with Crippen molar-refractivity contribution in [2.24, 2.45) is 5.73 Å². The molecule has 0 rings (SSSR count). The molecule has 6 N–H and O–H groups in total. The molecule has 0 aliphatic carbocycles. The molecule has 9 heavy (non-hydrogen) atoms. The highest BCUT2D eigenvalue weighted by molar-refractivity contribution is 6.48. The molecule has 0 amide bonds. The molecule has 0 spiro atoms. The molecular weight excluding hydrogens is 144 g/mol. The highest BCUT2D eigenvalue weighted by atomic mass is 28.4. The van der Waals surface area contributed by atoms with Gasteiger partial charge in [0.1, 0.15) is 0 Å². The molecule has 0 heterocycles. The SMILES string of the molecule is NCCNO[Si](O)(O)O. The third-order valence-corrected chi connectivity index (χ3v) is 0.874. The minimum Gasteiger partial charge on any atom is -0.367 e. The van der Waals surface area contributed by atoms with Crippen LogP contribution in [0.2, 0.25) is 0 Å². The van der Waals surface area contributed by atoms with Crippen LogP contribution in [0.15, 0.2) is 0 Å². The summed E-state index contributed by atoms with van der Waals surface area (Å²) in [6.07, 6.45) is 0. The highest BCUT2D eigenvalue weighted by Gasteiger charge is 2.30. The third-order valence-electron chi connectivity index (χ3n) is 0.455. The van der Waals surface area contributed by atoms with Crippen molar-refractivity contribution >= 4 is 9.05 Å². The van der Waals surface area contributed by atoms with E-state index < -0.39 is 9.05 Å². The van der Waals surface area contributed by atoms with Gasteiger partial charge < -0.3 is 20.1 Å². The monoisotopic (exact) mass is 154 g/mol. The van der Waals surface area contributed by atoms with Gasteiger partial charge in [-0.1, -0.05) is 0 Å². The number of hydrogen-bond acceptors (Lipinski definition) is 6. The van der Waals surface area contributed by atoms with E-state index in [1.807, 2.05) is 0 Å². The minimum absolute atomic E-state index is 0.260. The Balaban J connectivity index is 3.07. The van der Waals surface area contributed by atoms with E-state index in [0.29, 0.717) is 6.54 Å². The fourth-order valence-corrected chi connectivity index (χ4v) is 0.502. The number of rotatable bonds is 4. The standard InChI is InChI=1S/C2H10N2O4Si/c3-1-2-4-8-9(5,6)7/h4-7H,1-3H2. The van der Waals surface area contributed by atoms with Crippen molar-refractivity contribution in [3.8, 4) is 0 Å². The van der Waals surface area contributed by atoms with Gasteiger partial charge in [0, 0.05) is 13.1 Å². The Morgan fingerprint density at radius 3 is 2.33 bits per heavy atom. The zero-order valence-electron chi connectivity index (χ0n) is 4.74. The molecule has 0 aliphatic rings. The molecule has 56 valence electrons. The predicted molar refractivity (Wildman–Crippen MR) is 30.6 cm³/mol. The molecular formula is C2H10N2O4Si. The van der Waals surface area contributed by atoms with Crippen molar-refractivity contribution in [3.63, 3.8) is 0 Å². The lowest BCUT2D eigenvalue weighted by atomic mass is 10.7. The molecule has 0 atom stereocenters. The molecule has 7 heteroatoms. The van der Waals surface area contributed by atoms with Crippen LogP contribution in [0.1, 0.15) is 0 Å². The Morgan fingerprint density at radius 2 is 2.00 bits per heavy atom. The van der Waals surface area contributed by atoms with Crippen LogP contribution in [0.25, 0.3) is 0 Å². The number of hydroxylamine groups is 1. The lowest BCUT2D eigenvalue weighted by molar-refractivity contribution is 0.0159. The largest absolute Gasteiger partial charge is 0.688 e. The third kappa shape index (κ3) is 7.98. The maximum Gasteiger partial charge on any atom is 0.688 e. The van der Waals surface area contributed by atoms with Crippen LogP contribution in [-0.2, 0) is 4.53 Å². The summed E-state index contributed by atoms with van der Waals surface area (Å²) in [6, 6.07) is 0. The second-order valence-electron chi connectivity index (χ2n) is 1.36. The van der Waals surface area contributed by atoms with Gasteiger partial charge >= 0.3 is 9.05 Å². The first-order chi connectivity index (χ1) is 4.06. The maximum atomic E-state index is 8.17. The minimum atomic E-state index is -4.36. The van der Waals surface area contributed by atoms with Gasteiger partial charge in [0.05, 0.1) is 0 Å². The zero-order valence-corrected chi connectivity index (χ0v) is 5.74. The van der Waals surface area contributed by atoms with Gasteiger partial charge in [-0.3, -0.25) is 4.53 Å². The van der Waals surface area contributed by atoms with Crippen molar-refractivity contribution in [1.29, 1.82) is 0 Å². The maximum absolute atomic E-state index is 8.17. The first-order valence-corrected chi connectivity index (χ1v) is 4.09. The number of nitrogens with one attached hydrogen (secondary N) is 1. The van der Waals surface area contributed by atoms with Crippen LogP contribution in [0, 0.1) is 0 Å². The zero-order chi connectivity index (χ0) is 7.33.